The number of aromatic nitrogens is 5. The summed E-state index contributed by atoms with van der Waals surface area (Å²) in [6, 6.07) is 21.8. The Bertz CT molecular complexity index is 1050. The molecule has 150 valence electrons. The minimum atomic E-state index is -0.990. The van der Waals surface area contributed by atoms with E-state index in [-0.39, 0.29) is 26.8 Å². The Morgan fingerprint density at radius 1 is 1.00 bits per heavy atom. The molecule has 4 aromatic rings. The number of carboxylic acid groups (broad SMARTS) is 1. The SMILES string of the molecule is Cc1cccc(C)c1-n1nnnc1-c1[c-]cccc1.O=C(O)c1ccccn1.[Pt]. The van der Waals surface area contributed by atoms with Crippen molar-refractivity contribution in [3.8, 4) is 17.1 Å². The van der Waals surface area contributed by atoms with E-state index in [0.717, 1.165) is 22.4 Å². The van der Waals surface area contributed by atoms with E-state index >= 15 is 0 Å². The summed E-state index contributed by atoms with van der Waals surface area (Å²) in [5.41, 5.74) is 4.28. The van der Waals surface area contributed by atoms with Crippen LogP contribution >= 0.6 is 0 Å². The van der Waals surface area contributed by atoms with Crippen molar-refractivity contribution in [3.63, 3.8) is 0 Å². The molecule has 2 heterocycles. The van der Waals surface area contributed by atoms with Crippen LogP contribution in [0, 0.1) is 19.9 Å². The van der Waals surface area contributed by atoms with E-state index in [1.807, 2.05) is 30.3 Å². The second-order valence-corrected chi connectivity index (χ2v) is 5.95. The van der Waals surface area contributed by atoms with Gasteiger partial charge in [-0.2, -0.15) is 5.10 Å². The van der Waals surface area contributed by atoms with Crippen molar-refractivity contribution in [2.24, 2.45) is 0 Å². The molecule has 4 rings (SSSR count). The summed E-state index contributed by atoms with van der Waals surface area (Å²) in [5.74, 6) is -0.284. The zero-order chi connectivity index (χ0) is 19.9. The molecule has 0 saturated heterocycles. The monoisotopic (exact) mass is 567 g/mol. The third kappa shape index (κ3) is 5.42. The Labute approximate surface area is 182 Å². The summed E-state index contributed by atoms with van der Waals surface area (Å²) >= 11 is 0. The fourth-order valence-corrected chi connectivity index (χ4v) is 2.67. The third-order valence-electron chi connectivity index (χ3n) is 3.95. The maximum Gasteiger partial charge on any atom is 0.354 e. The molecule has 0 saturated carbocycles. The van der Waals surface area contributed by atoms with Crippen molar-refractivity contribution in [2.75, 3.05) is 0 Å². The van der Waals surface area contributed by atoms with Gasteiger partial charge in [-0.25, -0.2) is 14.5 Å². The van der Waals surface area contributed by atoms with Gasteiger partial charge >= 0.3 is 5.97 Å². The normalized spacial score (nSPS) is 9.72. The molecule has 7 nitrogen and oxygen atoms in total. The molecule has 29 heavy (non-hydrogen) atoms. The van der Waals surface area contributed by atoms with Crippen LogP contribution in [0.15, 0.2) is 66.9 Å². The summed E-state index contributed by atoms with van der Waals surface area (Å²) in [6.45, 7) is 4.12. The number of nitrogens with zero attached hydrogens (tertiary/aromatic N) is 5. The van der Waals surface area contributed by atoms with Crippen LogP contribution in [0.2, 0.25) is 0 Å². The number of rotatable bonds is 3. The molecule has 2 aromatic carbocycles. The van der Waals surface area contributed by atoms with Crippen LogP contribution in [0.1, 0.15) is 21.6 Å². The number of carbonyl (C=O) groups is 1. The van der Waals surface area contributed by atoms with Crippen molar-refractivity contribution in [2.45, 2.75) is 13.8 Å². The molecule has 0 amide bonds. The molecule has 0 aliphatic rings. The van der Waals surface area contributed by atoms with Gasteiger partial charge in [-0.1, -0.05) is 24.3 Å². The number of hydrogen-bond donors (Lipinski definition) is 1. The van der Waals surface area contributed by atoms with Crippen LogP contribution in [0.3, 0.4) is 0 Å². The van der Waals surface area contributed by atoms with Gasteiger partial charge in [-0.15, -0.1) is 35.9 Å². The van der Waals surface area contributed by atoms with Crippen LogP contribution in [0.4, 0.5) is 0 Å². The number of aryl methyl sites for hydroxylation is 2. The number of hydrogen-bond acceptors (Lipinski definition) is 5. The average Bonchev–Trinajstić information content (AvgIpc) is 3.19. The van der Waals surface area contributed by atoms with E-state index in [4.69, 9.17) is 5.11 Å². The van der Waals surface area contributed by atoms with E-state index in [1.54, 1.807) is 16.8 Å². The summed E-state index contributed by atoms with van der Waals surface area (Å²) in [4.78, 5) is 13.7. The first-order chi connectivity index (χ1) is 13.6. The fourth-order valence-electron chi connectivity index (χ4n) is 2.67. The molecular weight excluding hydrogens is 549 g/mol. The van der Waals surface area contributed by atoms with Gasteiger partial charge in [0.1, 0.15) is 11.5 Å². The van der Waals surface area contributed by atoms with Crippen LogP contribution < -0.4 is 0 Å². The van der Waals surface area contributed by atoms with Crippen molar-refractivity contribution < 1.29 is 31.0 Å². The topological polar surface area (TPSA) is 93.8 Å². The van der Waals surface area contributed by atoms with Crippen LogP contribution in [0.25, 0.3) is 17.1 Å². The molecule has 0 aliphatic carbocycles. The summed E-state index contributed by atoms with van der Waals surface area (Å²) in [6.07, 6.45) is 1.45. The van der Waals surface area contributed by atoms with E-state index in [1.165, 1.54) is 12.3 Å². The quantitative estimate of drug-likeness (QED) is 0.381. The summed E-state index contributed by atoms with van der Waals surface area (Å²) in [7, 11) is 0. The molecule has 0 aliphatic heterocycles. The van der Waals surface area contributed by atoms with E-state index in [9.17, 15) is 4.79 Å². The molecule has 0 radical (unpaired) electrons. The molecule has 0 atom stereocenters. The number of para-hydroxylation sites is 1. The largest absolute Gasteiger partial charge is 0.477 e. The first kappa shape index (κ1) is 22.1. The van der Waals surface area contributed by atoms with Crippen LogP contribution in [-0.4, -0.2) is 36.3 Å². The van der Waals surface area contributed by atoms with Gasteiger partial charge in [0.05, 0.1) is 5.69 Å². The van der Waals surface area contributed by atoms with Gasteiger partial charge in [-0.3, -0.25) is 0 Å². The number of tetrazole rings is 1. The van der Waals surface area contributed by atoms with Crippen molar-refractivity contribution in [3.05, 3.63) is 89.7 Å². The van der Waals surface area contributed by atoms with Gasteiger partial charge in [0, 0.05) is 27.3 Å². The van der Waals surface area contributed by atoms with Crippen molar-refractivity contribution >= 4 is 5.97 Å². The molecular formula is C21H18N5O2Pt-. The Kier molecular flexibility index (Phi) is 7.92. The first-order valence-electron chi connectivity index (χ1n) is 8.54. The summed E-state index contributed by atoms with van der Waals surface area (Å²) in [5, 5.41) is 20.4. The van der Waals surface area contributed by atoms with Crippen molar-refractivity contribution in [1.82, 2.24) is 25.2 Å². The van der Waals surface area contributed by atoms with Gasteiger partial charge in [0.2, 0.25) is 0 Å². The molecule has 0 bridgehead atoms. The smallest absolute Gasteiger partial charge is 0.354 e. The standard InChI is InChI=1S/C15H13N4.C6H5NO2.Pt/c1-11-7-6-8-12(2)14(11)19-15(16-17-18-19)13-9-4-3-5-10-13;8-6(9)5-3-1-2-4-7-5;/h3-9H,1-2H3;1-4H,(H,8,9);/q-1;;. The van der Waals surface area contributed by atoms with Crippen LogP contribution in [0.5, 0.6) is 0 Å². The van der Waals surface area contributed by atoms with E-state index in [2.05, 4.69) is 52.6 Å². The minimum absolute atomic E-state index is 0. The molecule has 8 heteroatoms. The van der Waals surface area contributed by atoms with E-state index < -0.39 is 5.97 Å². The Hall–Kier alpha value is -3.18. The van der Waals surface area contributed by atoms with Gasteiger partial charge in [0.15, 0.2) is 0 Å². The van der Waals surface area contributed by atoms with Gasteiger partial charge < -0.3 is 5.11 Å². The zero-order valence-electron chi connectivity index (χ0n) is 15.8. The van der Waals surface area contributed by atoms with Crippen molar-refractivity contribution in [1.29, 1.82) is 0 Å². The number of pyridine rings is 1. The minimum Gasteiger partial charge on any atom is -0.477 e. The predicted molar refractivity (Wildman–Crippen MR) is 104 cm³/mol. The average molecular weight is 567 g/mol. The van der Waals surface area contributed by atoms with Gasteiger partial charge in [-0.05, 0) is 47.5 Å². The maximum absolute atomic E-state index is 10.1. The molecule has 0 spiro atoms. The second kappa shape index (κ2) is 10.4. The molecule has 0 fully saturated rings. The Morgan fingerprint density at radius 2 is 1.72 bits per heavy atom. The number of carboxylic acids is 1. The molecule has 0 unspecified atom stereocenters. The number of benzene rings is 2. The van der Waals surface area contributed by atoms with Gasteiger partial charge in [0.25, 0.3) is 0 Å². The third-order valence-corrected chi connectivity index (χ3v) is 3.95. The van der Waals surface area contributed by atoms with E-state index in [0.29, 0.717) is 5.82 Å². The molecule has 2 aromatic heterocycles. The number of aromatic carboxylic acids is 1. The van der Waals surface area contributed by atoms with Crippen LogP contribution in [-0.2, 0) is 21.1 Å². The maximum atomic E-state index is 10.1. The molecule has 1 N–H and O–H groups in total. The fraction of sp³-hybridized carbons (Fsp3) is 0.0952. The summed E-state index contributed by atoms with van der Waals surface area (Å²) < 4.78 is 1.77. The second-order valence-electron chi connectivity index (χ2n) is 5.95. The Morgan fingerprint density at radius 3 is 2.28 bits per heavy atom. The first-order valence-corrected chi connectivity index (χ1v) is 8.54. The predicted octanol–water partition coefficient (Wildman–Crippen LogP) is 3.52. The Balaban J connectivity index is 0.000000255. The zero-order valence-corrected chi connectivity index (χ0v) is 18.0.